The number of nitrogens with one attached hydrogen (secondary N) is 2. The second-order valence-electron chi connectivity index (χ2n) is 10.7. The number of ether oxygens (including phenoxy) is 2. The molecule has 0 spiro atoms. The van der Waals surface area contributed by atoms with Crippen molar-refractivity contribution in [2.24, 2.45) is 5.92 Å². The maximum atomic E-state index is 13.5. The molecule has 1 aromatic heterocycles. The van der Waals surface area contributed by atoms with Crippen molar-refractivity contribution < 1.29 is 28.2 Å². The fourth-order valence-electron chi connectivity index (χ4n) is 4.46. The van der Waals surface area contributed by atoms with Crippen LogP contribution in [0.1, 0.15) is 25.6 Å². The summed E-state index contributed by atoms with van der Waals surface area (Å²) in [6, 6.07) is -0.827. The maximum absolute atomic E-state index is 13.5. The highest BCUT2D eigenvalue weighted by Gasteiger charge is 2.35. The van der Waals surface area contributed by atoms with E-state index in [1.54, 1.807) is 16.5 Å². The monoisotopic (exact) mass is 604 g/mol. The molecule has 2 saturated heterocycles. The number of thiol groups is 1. The van der Waals surface area contributed by atoms with E-state index in [-0.39, 0.29) is 30.8 Å². The number of nitrogens with zero attached hydrogens (tertiary/aromatic N) is 4. The Hall–Kier alpha value is -2.16. The van der Waals surface area contributed by atoms with Crippen LogP contribution in [-0.2, 0) is 23.4 Å². The highest BCUT2D eigenvalue weighted by Crippen LogP contribution is 2.47. The summed E-state index contributed by atoms with van der Waals surface area (Å²) in [6.07, 6.45) is -0.296. The van der Waals surface area contributed by atoms with Gasteiger partial charge in [0.15, 0.2) is 6.23 Å². The molecule has 40 heavy (non-hydrogen) atoms. The van der Waals surface area contributed by atoms with Crippen molar-refractivity contribution in [1.82, 2.24) is 29.3 Å². The molecule has 2 fully saturated rings. The molecule has 0 aliphatic carbocycles. The first-order valence-corrected chi connectivity index (χ1v) is 15.9. The third-order valence-corrected chi connectivity index (χ3v) is 9.11. The van der Waals surface area contributed by atoms with Gasteiger partial charge in [0.2, 0.25) is 5.91 Å². The van der Waals surface area contributed by atoms with E-state index in [1.807, 2.05) is 25.8 Å². The molecule has 4 atom stereocenters. The SMILES string of the molecule is Cc1cn(C2CN(C)C[C@@H](COP(C)(=O)N3CCN(C(=O)[C@H](CS)NC(=O)OCC(C)C)CC3)O2)c(=O)[nH]c1=O. The van der Waals surface area contributed by atoms with Crippen molar-refractivity contribution >= 4 is 32.1 Å². The molecule has 2 amide bonds. The van der Waals surface area contributed by atoms with E-state index in [0.29, 0.717) is 44.8 Å². The van der Waals surface area contributed by atoms with E-state index in [4.69, 9.17) is 14.0 Å². The zero-order chi connectivity index (χ0) is 29.6. The van der Waals surface area contributed by atoms with Gasteiger partial charge >= 0.3 is 11.8 Å². The number of aromatic amines is 1. The summed E-state index contributed by atoms with van der Waals surface area (Å²) < 4.78 is 33.6. The summed E-state index contributed by atoms with van der Waals surface area (Å²) >= 11 is 4.21. The quantitative estimate of drug-likeness (QED) is 0.252. The first-order valence-electron chi connectivity index (χ1n) is 13.3. The van der Waals surface area contributed by atoms with Gasteiger partial charge in [-0.15, -0.1) is 0 Å². The minimum absolute atomic E-state index is 0.0367. The Bertz CT molecular complexity index is 1200. The van der Waals surface area contributed by atoms with Gasteiger partial charge in [0.1, 0.15) is 6.04 Å². The van der Waals surface area contributed by atoms with Crippen molar-refractivity contribution in [2.75, 3.05) is 71.9 Å². The lowest BCUT2D eigenvalue weighted by atomic mass is 10.2. The van der Waals surface area contributed by atoms with Gasteiger partial charge in [-0.3, -0.25) is 28.6 Å². The van der Waals surface area contributed by atoms with Crippen molar-refractivity contribution in [3.05, 3.63) is 32.6 Å². The van der Waals surface area contributed by atoms with E-state index in [9.17, 15) is 23.7 Å². The van der Waals surface area contributed by atoms with Crippen LogP contribution in [0.25, 0.3) is 0 Å². The number of aromatic nitrogens is 2. The fraction of sp³-hybridized carbons (Fsp3) is 0.750. The lowest BCUT2D eigenvalue weighted by molar-refractivity contribution is -0.134. The Kier molecular flexibility index (Phi) is 11.4. The molecule has 2 aliphatic heterocycles. The number of aryl methyl sites for hydroxylation is 1. The third-order valence-electron chi connectivity index (χ3n) is 6.69. The molecule has 2 N–H and O–H groups in total. The molecular weight excluding hydrogens is 563 g/mol. The third kappa shape index (κ3) is 8.67. The molecule has 2 aliphatic rings. The Morgan fingerprint density at radius 1 is 1.23 bits per heavy atom. The van der Waals surface area contributed by atoms with Crippen LogP contribution < -0.4 is 16.6 Å². The summed E-state index contributed by atoms with van der Waals surface area (Å²) in [4.78, 5) is 54.9. The lowest BCUT2D eigenvalue weighted by Gasteiger charge is -2.40. The van der Waals surface area contributed by atoms with Gasteiger partial charge in [-0.1, -0.05) is 13.8 Å². The Morgan fingerprint density at radius 3 is 2.52 bits per heavy atom. The largest absolute Gasteiger partial charge is 0.449 e. The first-order chi connectivity index (χ1) is 18.8. The molecule has 0 bridgehead atoms. The van der Waals surface area contributed by atoms with Crippen LogP contribution in [0, 0.1) is 12.8 Å². The molecule has 3 rings (SSSR count). The van der Waals surface area contributed by atoms with E-state index < -0.39 is 43.2 Å². The Labute approximate surface area is 239 Å². The second-order valence-corrected chi connectivity index (χ2v) is 13.5. The van der Waals surface area contributed by atoms with Gasteiger partial charge < -0.3 is 24.2 Å². The number of rotatable bonds is 10. The van der Waals surface area contributed by atoms with Crippen LogP contribution in [0.15, 0.2) is 15.8 Å². The summed E-state index contributed by atoms with van der Waals surface area (Å²) in [5.41, 5.74) is -0.616. The number of H-pyrrole nitrogens is 1. The highest BCUT2D eigenvalue weighted by molar-refractivity contribution is 7.80. The predicted octanol–water partition coefficient (Wildman–Crippen LogP) is 0.339. The van der Waals surface area contributed by atoms with Crippen LogP contribution in [0.4, 0.5) is 4.79 Å². The zero-order valence-electron chi connectivity index (χ0n) is 23.7. The first kappa shape index (κ1) is 32.4. The fourth-order valence-corrected chi connectivity index (χ4v) is 6.22. The van der Waals surface area contributed by atoms with E-state index in [1.165, 1.54) is 17.4 Å². The molecule has 0 saturated carbocycles. The van der Waals surface area contributed by atoms with Gasteiger partial charge in [0, 0.05) is 63.4 Å². The minimum Gasteiger partial charge on any atom is -0.449 e. The molecule has 1 aromatic rings. The van der Waals surface area contributed by atoms with E-state index >= 15 is 0 Å². The van der Waals surface area contributed by atoms with Crippen molar-refractivity contribution in [3.63, 3.8) is 0 Å². The van der Waals surface area contributed by atoms with Crippen molar-refractivity contribution in [2.45, 2.75) is 39.1 Å². The summed E-state index contributed by atoms with van der Waals surface area (Å²) in [6.45, 7) is 9.48. The number of piperazine rings is 1. The molecule has 0 aromatic carbocycles. The maximum Gasteiger partial charge on any atom is 0.407 e. The minimum atomic E-state index is -3.22. The van der Waals surface area contributed by atoms with Crippen LogP contribution >= 0.6 is 20.1 Å². The Balaban J connectivity index is 1.52. The van der Waals surface area contributed by atoms with Crippen LogP contribution in [0.5, 0.6) is 0 Å². The summed E-state index contributed by atoms with van der Waals surface area (Å²) in [5.74, 6) is 0.0141. The lowest BCUT2D eigenvalue weighted by Crippen LogP contribution is -2.55. The number of amides is 2. The molecule has 226 valence electrons. The van der Waals surface area contributed by atoms with Gasteiger partial charge in [-0.05, 0) is 19.9 Å². The highest BCUT2D eigenvalue weighted by atomic mass is 32.1. The topological polar surface area (TPSA) is 156 Å². The standard InChI is InChI=1S/C24H41N6O8PS/c1-16(2)13-36-24(34)25-19(15-40)22(32)28-6-8-29(9-7-28)39(5,35)37-14-18-11-27(4)12-20(38-18)30-10-17(3)21(31)26-23(30)33/h10,16,18-20,40H,6-9,11-15H2,1-5H3,(H,25,34)(H,26,31,33)/t18-,19-,20?,39?/m0/s1. The van der Waals surface area contributed by atoms with Gasteiger partial charge in [-0.25, -0.2) is 14.3 Å². The van der Waals surface area contributed by atoms with Gasteiger partial charge in [-0.2, -0.15) is 12.6 Å². The second kappa shape index (κ2) is 14.1. The molecule has 14 nitrogen and oxygen atoms in total. The van der Waals surface area contributed by atoms with Gasteiger partial charge in [0.25, 0.3) is 13.1 Å². The molecule has 16 heteroatoms. The number of carbonyl (C=O) groups excluding carboxylic acids is 2. The van der Waals surface area contributed by atoms with Crippen LogP contribution in [-0.4, -0.2) is 120 Å². The number of likely N-dealkylation sites (N-methyl/N-ethyl adjacent to an activating group) is 1. The predicted molar refractivity (Wildman–Crippen MR) is 152 cm³/mol. The number of hydrogen-bond acceptors (Lipinski definition) is 10. The van der Waals surface area contributed by atoms with Crippen LogP contribution in [0.2, 0.25) is 0 Å². The summed E-state index contributed by atoms with van der Waals surface area (Å²) in [7, 11) is -1.34. The zero-order valence-corrected chi connectivity index (χ0v) is 25.5. The Morgan fingerprint density at radius 2 is 1.90 bits per heavy atom. The van der Waals surface area contributed by atoms with Crippen LogP contribution in [0.3, 0.4) is 0 Å². The van der Waals surface area contributed by atoms with E-state index in [2.05, 4.69) is 22.9 Å². The average Bonchev–Trinajstić information content (AvgIpc) is 2.91. The van der Waals surface area contributed by atoms with Gasteiger partial charge in [0.05, 0.1) is 19.3 Å². The van der Waals surface area contributed by atoms with Crippen molar-refractivity contribution in [1.29, 1.82) is 0 Å². The number of morpholine rings is 1. The molecule has 0 radical (unpaired) electrons. The van der Waals surface area contributed by atoms with E-state index in [0.717, 1.165) is 0 Å². The molecule has 2 unspecified atom stereocenters. The number of hydrogen-bond donors (Lipinski definition) is 3. The average molecular weight is 605 g/mol. The number of carbonyl (C=O) groups is 2. The molecule has 3 heterocycles. The molecular formula is C24H41N6O8PS. The number of alkyl carbamates (subject to hydrolysis) is 1. The van der Waals surface area contributed by atoms with Crippen molar-refractivity contribution in [3.8, 4) is 0 Å². The smallest absolute Gasteiger partial charge is 0.407 e. The normalized spacial score (nSPS) is 23.0. The summed E-state index contributed by atoms with van der Waals surface area (Å²) in [5, 5.41) is 2.57.